The first-order valence-electron chi connectivity index (χ1n) is 10.4. The second-order valence-electron chi connectivity index (χ2n) is 7.61. The Labute approximate surface area is 181 Å². The molecule has 1 amide bonds. The van der Waals surface area contributed by atoms with Gasteiger partial charge in [0.2, 0.25) is 5.91 Å². The number of nitrogens with one attached hydrogen (secondary N) is 1. The standard InChI is InChI=1S/C24H25FN4O2/c1-3-21-24(30)27-20-14-26-22(28-23(20)29(21)2)13-8-16-6-11-19(12-7-16)31-15-17-4-9-18(25)10-5-17/h4-7,9-12,14,21H,3,8,13,15H2,1-2H3,(H,27,30). The summed E-state index contributed by atoms with van der Waals surface area (Å²) in [4.78, 5) is 23.1. The lowest BCUT2D eigenvalue weighted by Gasteiger charge is -2.33. The van der Waals surface area contributed by atoms with E-state index in [1.165, 1.54) is 12.1 Å². The number of aromatic nitrogens is 2. The molecule has 1 aromatic heterocycles. The van der Waals surface area contributed by atoms with Crippen molar-refractivity contribution in [2.75, 3.05) is 17.3 Å². The average Bonchev–Trinajstić information content (AvgIpc) is 2.78. The smallest absolute Gasteiger partial charge is 0.247 e. The highest BCUT2D eigenvalue weighted by atomic mass is 19.1. The number of rotatable bonds is 7. The Morgan fingerprint density at radius 1 is 1.06 bits per heavy atom. The first-order valence-corrected chi connectivity index (χ1v) is 10.4. The van der Waals surface area contributed by atoms with Crippen molar-refractivity contribution in [3.8, 4) is 5.75 Å². The van der Waals surface area contributed by atoms with Gasteiger partial charge in [0.05, 0.1) is 6.20 Å². The zero-order chi connectivity index (χ0) is 21.8. The van der Waals surface area contributed by atoms with Gasteiger partial charge in [-0.3, -0.25) is 4.79 Å². The molecule has 7 heteroatoms. The van der Waals surface area contributed by atoms with Gasteiger partial charge in [0.15, 0.2) is 5.82 Å². The van der Waals surface area contributed by atoms with Crippen molar-refractivity contribution in [1.82, 2.24) is 9.97 Å². The summed E-state index contributed by atoms with van der Waals surface area (Å²) in [7, 11) is 1.90. The van der Waals surface area contributed by atoms with Gasteiger partial charge in [0, 0.05) is 13.5 Å². The second-order valence-corrected chi connectivity index (χ2v) is 7.61. The van der Waals surface area contributed by atoms with Crippen molar-refractivity contribution in [3.63, 3.8) is 0 Å². The fourth-order valence-electron chi connectivity index (χ4n) is 3.64. The van der Waals surface area contributed by atoms with E-state index in [1.54, 1.807) is 18.3 Å². The number of hydrogen-bond donors (Lipinski definition) is 1. The lowest BCUT2D eigenvalue weighted by Crippen LogP contribution is -2.46. The molecule has 0 saturated heterocycles. The van der Waals surface area contributed by atoms with Gasteiger partial charge in [-0.25, -0.2) is 14.4 Å². The number of fused-ring (bicyclic) bond motifs is 1. The van der Waals surface area contributed by atoms with Crippen molar-refractivity contribution < 1.29 is 13.9 Å². The number of benzene rings is 2. The van der Waals surface area contributed by atoms with Crippen LogP contribution in [0.4, 0.5) is 15.9 Å². The number of anilines is 2. The normalized spacial score (nSPS) is 15.4. The predicted molar refractivity (Wildman–Crippen MR) is 118 cm³/mol. The van der Waals surface area contributed by atoms with Crippen LogP contribution >= 0.6 is 0 Å². The van der Waals surface area contributed by atoms with Gasteiger partial charge < -0.3 is 15.0 Å². The van der Waals surface area contributed by atoms with Crippen LogP contribution in [0.2, 0.25) is 0 Å². The molecule has 6 nitrogen and oxygen atoms in total. The van der Waals surface area contributed by atoms with Crippen LogP contribution in [-0.4, -0.2) is 29.0 Å². The molecule has 0 radical (unpaired) electrons. The van der Waals surface area contributed by atoms with Crippen LogP contribution < -0.4 is 15.0 Å². The largest absolute Gasteiger partial charge is 0.489 e. The van der Waals surface area contributed by atoms with E-state index in [0.717, 1.165) is 41.4 Å². The molecule has 1 unspecified atom stereocenters. The van der Waals surface area contributed by atoms with Crippen LogP contribution in [0.1, 0.15) is 30.3 Å². The summed E-state index contributed by atoms with van der Waals surface area (Å²) in [5.74, 6) is 2.00. The van der Waals surface area contributed by atoms with Crippen LogP contribution in [0.15, 0.2) is 54.7 Å². The Hall–Kier alpha value is -3.48. The van der Waals surface area contributed by atoms with E-state index in [0.29, 0.717) is 18.7 Å². The van der Waals surface area contributed by atoms with Crippen LogP contribution in [0, 0.1) is 5.82 Å². The monoisotopic (exact) mass is 420 g/mol. The molecule has 0 fully saturated rings. The molecular formula is C24H25FN4O2. The van der Waals surface area contributed by atoms with Gasteiger partial charge in [-0.2, -0.15) is 0 Å². The summed E-state index contributed by atoms with van der Waals surface area (Å²) < 4.78 is 18.7. The van der Waals surface area contributed by atoms with Crippen molar-refractivity contribution in [2.24, 2.45) is 0 Å². The van der Waals surface area contributed by atoms with Gasteiger partial charge in [0.25, 0.3) is 0 Å². The van der Waals surface area contributed by atoms with Gasteiger partial charge in [-0.1, -0.05) is 31.2 Å². The Bertz CT molecular complexity index is 1050. The topological polar surface area (TPSA) is 67.3 Å². The molecule has 2 heterocycles. The molecule has 0 bridgehead atoms. The molecule has 0 spiro atoms. The predicted octanol–water partition coefficient (Wildman–Crippen LogP) is 4.15. The molecule has 0 aliphatic carbocycles. The molecule has 160 valence electrons. The van der Waals surface area contributed by atoms with E-state index < -0.39 is 0 Å². The van der Waals surface area contributed by atoms with Gasteiger partial charge in [0.1, 0.15) is 35.7 Å². The number of amides is 1. The van der Waals surface area contributed by atoms with E-state index in [-0.39, 0.29) is 17.8 Å². The molecular weight excluding hydrogens is 395 g/mol. The summed E-state index contributed by atoms with van der Waals surface area (Å²) >= 11 is 0. The number of halogens is 1. The zero-order valence-electron chi connectivity index (χ0n) is 17.6. The van der Waals surface area contributed by atoms with E-state index in [4.69, 9.17) is 4.74 Å². The first kappa shape index (κ1) is 20.8. The van der Waals surface area contributed by atoms with Crippen molar-refractivity contribution >= 4 is 17.4 Å². The summed E-state index contributed by atoms with van der Waals surface area (Å²) in [5.41, 5.74) is 2.73. The summed E-state index contributed by atoms with van der Waals surface area (Å²) in [6.45, 7) is 2.38. The minimum absolute atomic E-state index is 0.0180. The van der Waals surface area contributed by atoms with E-state index >= 15 is 0 Å². The van der Waals surface area contributed by atoms with Crippen molar-refractivity contribution in [2.45, 2.75) is 38.8 Å². The van der Waals surface area contributed by atoms with Crippen molar-refractivity contribution in [1.29, 1.82) is 0 Å². The molecule has 31 heavy (non-hydrogen) atoms. The summed E-state index contributed by atoms with van der Waals surface area (Å²) in [6.07, 6.45) is 3.90. The SMILES string of the molecule is CCC1C(=O)Nc2cnc(CCc3ccc(OCc4ccc(F)cc4)cc3)nc2N1C. The van der Waals surface area contributed by atoms with Gasteiger partial charge >= 0.3 is 0 Å². The number of nitrogens with zero attached hydrogens (tertiary/aromatic N) is 3. The molecule has 1 atom stereocenters. The number of carbonyl (C=O) groups excluding carboxylic acids is 1. The lowest BCUT2D eigenvalue weighted by molar-refractivity contribution is -0.117. The molecule has 1 aliphatic heterocycles. The molecule has 1 N–H and O–H groups in total. The number of hydrogen-bond acceptors (Lipinski definition) is 5. The Balaban J connectivity index is 1.35. The average molecular weight is 420 g/mol. The molecule has 2 aromatic carbocycles. The molecule has 3 aromatic rings. The van der Waals surface area contributed by atoms with E-state index in [2.05, 4.69) is 15.3 Å². The Kier molecular flexibility index (Phi) is 6.11. The molecule has 0 saturated carbocycles. The highest BCUT2D eigenvalue weighted by Gasteiger charge is 2.30. The minimum atomic E-state index is -0.252. The Morgan fingerprint density at radius 3 is 2.48 bits per heavy atom. The highest BCUT2D eigenvalue weighted by Crippen LogP contribution is 2.29. The lowest BCUT2D eigenvalue weighted by atomic mass is 10.1. The number of aryl methyl sites for hydroxylation is 2. The van der Waals surface area contributed by atoms with Gasteiger partial charge in [-0.05, 0) is 48.2 Å². The second kappa shape index (κ2) is 9.12. The number of likely N-dealkylation sites (N-methyl/N-ethyl adjacent to an activating group) is 1. The number of carbonyl (C=O) groups is 1. The van der Waals surface area contributed by atoms with Crippen molar-refractivity contribution in [3.05, 3.63) is 77.5 Å². The summed E-state index contributed by atoms with van der Waals surface area (Å²) in [5, 5.41) is 2.89. The third-order valence-electron chi connectivity index (χ3n) is 5.45. The fourth-order valence-corrected chi connectivity index (χ4v) is 3.64. The molecule has 1 aliphatic rings. The highest BCUT2D eigenvalue weighted by molar-refractivity contribution is 6.02. The van der Waals surface area contributed by atoms with Crippen LogP contribution in [0.25, 0.3) is 0 Å². The maximum absolute atomic E-state index is 13.0. The van der Waals surface area contributed by atoms with Gasteiger partial charge in [-0.15, -0.1) is 0 Å². The third kappa shape index (κ3) is 4.82. The minimum Gasteiger partial charge on any atom is -0.489 e. The third-order valence-corrected chi connectivity index (χ3v) is 5.45. The first-order chi connectivity index (χ1) is 15.0. The zero-order valence-corrected chi connectivity index (χ0v) is 17.6. The van der Waals surface area contributed by atoms with Crippen LogP contribution in [0.3, 0.4) is 0 Å². The fraction of sp³-hybridized carbons (Fsp3) is 0.292. The van der Waals surface area contributed by atoms with E-state index in [9.17, 15) is 9.18 Å². The molecule has 4 rings (SSSR count). The quantitative estimate of drug-likeness (QED) is 0.622. The van der Waals surface area contributed by atoms with Crippen LogP contribution in [0.5, 0.6) is 5.75 Å². The Morgan fingerprint density at radius 2 is 1.77 bits per heavy atom. The van der Waals surface area contributed by atoms with E-state index in [1.807, 2.05) is 43.1 Å². The maximum atomic E-state index is 13.0. The number of ether oxygens (including phenoxy) is 1. The maximum Gasteiger partial charge on any atom is 0.247 e. The summed E-state index contributed by atoms with van der Waals surface area (Å²) in [6, 6.07) is 14.0. The van der Waals surface area contributed by atoms with Crippen LogP contribution in [-0.2, 0) is 24.2 Å².